The van der Waals surface area contributed by atoms with Crippen LogP contribution < -0.4 is 0 Å². The van der Waals surface area contributed by atoms with Crippen molar-refractivity contribution < 1.29 is 5.11 Å². The third-order valence-electron chi connectivity index (χ3n) is 0.958. The molecule has 0 heterocycles. The van der Waals surface area contributed by atoms with Gasteiger partial charge in [-0.05, 0) is 12.8 Å². The van der Waals surface area contributed by atoms with Crippen molar-refractivity contribution in [2.24, 2.45) is 0 Å². The smallest absolute Gasteiger partial charge is 0.0822 e. The lowest BCUT2D eigenvalue weighted by atomic mass is 10.2. The van der Waals surface area contributed by atoms with Gasteiger partial charge in [0.05, 0.1) is 6.61 Å². The largest absolute Gasteiger partial charge is 0.237 e. The summed E-state index contributed by atoms with van der Waals surface area (Å²) in [6, 6.07) is 0. The van der Waals surface area contributed by atoms with E-state index in [4.69, 9.17) is 11.6 Å². The highest BCUT2D eigenvalue weighted by atomic mass is 35.5. The predicted molar refractivity (Wildman–Crippen MR) is 34.2 cm³/mol. The summed E-state index contributed by atoms with van der Waals surface area (Å²) >= 11 is 5.28. The topological polar surface area (TPSA) is 19.9 Å². The van der Waals surface area contributed by atoms with E-state index < -0.39 is 0 Å². The Balaban J connectivity index is 2.53. The van der Waals surface area contributed by atoms with Crippen molar-refractivity contribution in [2.45, 2.75) is 25.7 Å². The second kappa shape index (κ2) is 7.25. The summed E-state index contributed by atoms with van der Waals surface area (Å²) in [6.07, 6.45) is 3.81. The number of rotatable bonds is 5. The first-order valence-corrected chi connectivity index (χ1v) is 3.35. The quantitative estimate of drug-likeness (QED) is 0.515. The van der Waals surface area contributed by atoms with Gasteiger partial charge in [-0.1, -0.05) is 12.8 Å². The maximum Gasteiger partial charge on any atom is 0.0822 e. The number of halogens is 1. The van der Waals surface area contributed by atoms with E-state index >= 15 is 0 Å². The van der Waals surface area contributed by atoms with Crippen molar-refractivity contribution >= 4 is 11.6 Å². The van der Waals surface area contributed by atoms with Crippen LogP contribution in [0, 0.1) is 5.88 Å². The Morgan fingerprint density at radius 2 is 2.00 bits per heavy atom. The highest BCUT2D eigenvalue weighted by Crippen LogP contribution is 2.02. The van der Waals surface area contributed by atoms with E-state index in [1.54, 1.807) is 5.88 Å². The first kappa shape index (κ1) is 8.25. The molecule has 1 nitrogen and oxygen atoms in total. The molecular formula is C6H11ClO. The molecule has 2 heteroatoms. The van der Waals surface area contributed by atoms with Crippen molar-refractivity contribution in [1.82, 2.24) is 0 Å². The first-order valence-electron chi connectivity index (χ1n) is 2.92. The summed E-state index contributed by atoms with van der Waals surface area (Å²) in [6.45, 7) is 0.0578. The standard InChI is InChI=1S/C6H11ClO/c7-5-3-1-2-4-6-8/h5H,1-4,6H2. The lowest BCUT2D eigenvalue weighted by Gasteiger charge is -1.91. The van der Waals surface area contributed by atoms with Gasteiger partial charge in [0.2, 0.25) is 0 Å². The third kappa shape index (κ3) is 6.25. The molecule has 0 amide bonds. The highest BCUT2D eigenvalue weighted by Gasteiger charge is 1.86. The molecule has 0 N–H and O–H groups in total. The van der Waals surface area contributed by atoms with Crippen molar-refractivity contribution in [2.75, 3.05) is 6.61 Å². The third-order valence-corrected chi connectivity index (χ3v) is 1.18. The molecule has 0 aromatic carbocycles. The molecule has 0 saturated carbocycles. The molecule has 0 aliphatic heterocycles. The average molecular weight is 135 g/mol. The van der Waals surface area contributed by atoms with Crippen LogP contribution in [0.2, 0.25) is 0 Å². The molecule has 0 unspecified atom stereocenters. The van der Waals surface area contributed by atoms with E-state index in [0.717, 1.165) is 25.7 Å². The minimum Gasteiger partial charge on any atom is -0.237 e. The van der Waals surface area contributed by atoms with Crippen molar-refractivity contribution in [3.05, 3.63) is 5.88 Å². The second-order valence-electron chi connectivity index (χ2n) is 1.71. The number of hydrogen-bond acceptors (Lipinski definition) is 0. The van der Waals surface area contributed by atoms with Crippen LogP contribution in [0.25, 0.3) is 0 Å². The summed E-state index contributed by atoms with van der Waals surface area (Å²) in [5.41, 5.74) is 0. The summed E-state index contributed by atoms with van der Waals surface area (Å²) in [5, 5.41) is 9.85. The van der Waals surface area contributed by atoms with E-state index in [1.165, 1.54) is 0 Å². The molecule has 0 aromatic rings. The van der Waals surface area contributed by atoms with Crippen LogP contribution in [0.4, 0.5) is 0 Å². The molecule has 0 aliphatic rings. The fraction of sp³-hybridized carbons (Fsp3) is 0.833. The van der Waals surface area contributed by atoms with E-state index in [0.29, 0.717) is 0 Å². The molecule has 0 aromatic heterocycles. The van der Waals surface area contributed by atoms with Crippen molar-refractivity contribution in [3.63, 3.8) is 0 Å². The molecular weight excluding hydrogens is 124 g/mol. The van der Waals surface area contributed by atoms with Crippen LogP contribution in [0.3, 0.4) is 0 Å². The molecule has 8 heavy (non-hydrogen) atoms. The predicted octanol–water partition coefficient (Wildman–Crippen LogP) is 2.38. The Bertz CT molecular complexity index is 33.5. The average Bonchev–Trinajstić information content (AvgIpc) is 1.81. The van der Waals surface area contributed by atoms with Gasteiger partial charge in [-0.2, -0.15) is 0 Å². The molecule has 0 bridgehead atoms. The molecule has 0 aliphatic carbocycles. The zero-order valence-corrected chi connectivity index (χ0v) is 5.66. The van der Waals surface area contributed by atoms with Crippen molar-refractivity contribution in [1.29, 1.82) is 0 Å². The maximum absolute atomic E-state index is 9.85. The van der Waals surface area contributed by atoms with Crippen LogP contribution >= 0.6 is 11.6 Å². The summed E-state index contributed by atoms with van der Waals surface area (Å²) in [7, 11) is 0. The van der Waals surface area contributed by atoms with E-state index in [-0.39, 0.29) is 6.61 Å². The SMILES string of the molecule is [O]CCCCC[CH]Cl. The molecule has 2 radical (unpaired) electrons. The fourth-order valence-corrected chi connectivity index (χ4v) is 0.655. The Hall–Kier alpha value is 0.250. The van der Waals surface area contributed by atoms with Crippen LogP contribution in [0.5, 0.6) is 0 Å². The Kier molecular flexibility index (Phi) is 7.48. The first-order chi connectivity index (χ1) is 3.91. The summed E-state index contributed by atoms with van der Waals surface area (Å²) in [5.74, 6) is 1.62. The van der Waals surface area contributed by atoms with Crippen LogP contribution in [-0.4, -0.2) is 6.61 Å². The number of hydrogen-bond donors (Lipinski definition) is 0. The summed E-state index contributed by atoms with van der Waals surface area (Å²) < 4.78 is 0. The Morgan fingerprint density at radius 3 is 2.50 bits per heavy atom. The molecule has 0 atom stereocenters. The van der Waals surface area contributed by atoms with Gasteiger partial charge in [-0.15, -0.1) is 11.6 Å². The lowest BCUT2D eigenvalue weighted by molar-refractivity contribution is 0.186. The Morgan fingerprint density at radius 1 is 1.25 bits per heavy atom. The molecule has 48 valence electrons. The van der Waals surface area contributed by atoms with Crippen LogP contribution in [0.1, 0.15) is 25.7 Å². The minimum absolute atomic E-state index is 0.0578. The van der Waals surface area contributed by atoms with Gasteiger partial charge >= 0.3 is 0 Å². The van der Waals surface area contributed by atoms with Gasteiger partial charge in [-0.25, -0.2) is 5.11 Å². The highest BCUT2D eigenvalue weighted by molar-refractivity contribution is 6.23. The fourth-order valence-electron chi connectivity index (χ4n) is 0.500. The minimum atomic E-state index is 0.0578. The van der Waals surface area contributed by atoms with E-state index in [2.05, 4.69) is 0 Å². The zero-order chi connectivity index (χ0) is 6.24. The van der Waals surface area contributed by atoms with Gasteiger partial charge in [-0.3, -0.25) is 0 Å². The lowest BCUT2D eigenvalue weighted by Crippen LogP contribution is -1.79. The molecule has 0 spiro atoms. The van der Waals surface area contributed by atoms with Crippen molar-refractivity contribution in [3.8, 4) is 0 Å². The second-order valence-corrected chi connectivity index (χ2v) is 2.02. The van der Waals surface area contributed by atoms with E-state index in [1.807, 2.05) is 0 Å². The molecule has 0 fully saturated rings. The summed E-state index contributed by atoms with van der Waals surface area (Å²) in [4.78, 5) is 0. The number of unbranched alkanes of at least 4 members (excludes halogenated alkanes) is 3. The molecule has 0 rings (SSSR count). The van der Waals surface area contributed by atoms with E-state index in [9.17, 15) is 5.11 Å². The molecule has 0 saturated heterocycles. The van der Waals surface area contributed by atoms with Gasteiger partial charge in [0.25, 0.3) is 0 Å². The van der Waals surface area contributed by atoms with Crippen LogP contribution in [0.15, 0.2) is 0 Å². The Labute approximate surface area is 55.7 Å². The van der Waals surface area contributed by atoms with Crippen LogP contribution in [-0.2, 0) is 5.11 Å². The van der Waals surface area contributed by atoms with Gasteiger partial charge in [0.15, 0.2) is 0 Å². The zero-order valence-electron chi connectivity index (χ0n) is 4.90. The van der Waals surface area contributed by atoms with Gasteiger partial charge < -0.3 is 0 Å². The normalized spacial score (nSPS) is 9.75. The van der Waals surface area contributed by atoms with Gasteiger partial charge in [0.1, 0.15) is 0 Å². The monoisotopic (exact) mass is 134 g/mol. The van der Waals surface area contributed by atoms with Gasteiger partial charge in [0, 0.05) is 5.88 Å². The maximum atomic E-state index is 9.85.